The molecule has 2 aromatic carbocycles. The summed E-state index contributed by atoms with van der Waals surface area (Å²) >= 11 is 12.3. The number of nitrogens with zero attached hydrogens (tertiary/aromatic N) is 2. The summed E-state index contributed by atoms with van der Waals surface area (Å²) in [5.41, 5.74) is 3.98. The van der Waals surface area contributed by atoms with Crippen molar-refractivity contribution in [1.29, 1.82) is 0 Å². The lowest BCUT2D eigenvalue weighted by molar-refractivity contribution is -0.120. The molecule has 1 heterocycles. The Kier molecular flexibility index (Phi) is 6.35. The molecule has 6 nitrogen and oxygen atoms in total. The number of carbonyl (C=O) groups is 1. The minimum absolute atomic E-state index is 0.0575. The summed E-state index contributed by atoms with van der Waals surface area (Å²) in [4.78, 5) is 12.5. The predicted molar refractivity (Wildman–Crippen MR) is 113 cm³/mol. The maximum atomic E-state index is 12.5. The van der Waals surface area contributed by atoms with Crippen molar-refractivity contribution in [1.82, 2.24) is 15.1 Å². The van der Waals surface area contributed by atoms with Crippen LogP contribution in [-0.2, 0) is 17.8 Å². The summed E-state index contributed by atoms with van der Waals surface area (Å²) in [5, 5.41) is 18.1. The van der Waals surface area contributed by atoms with Crippen LogP contribution in [0.4, 0.5) is 0 Å². The number of aromatic nitrogens is 2. The number of phenolic OH excluding ortho intramolecular Hbond substituents is 1. The predicted octanol–water partition coefficient (Wildman–Crippen LogP) is 4.37. The van der Waals surface area contributed by atoms with Gasteiger partial charge in [-0.2, -0.15) is 5.10 Å². The Hall–Kier alpha value is -2.70. The standard InChI is InChI=1S/C21H21Cl2N3O3/c1-12-16(13(2)26(25-12)18-6-5-15(22)9-17(18)23)10-21(28)24-11-14-4-7-19(27)20(8-14)29-3/h4-9,27H,10-11H2,1-3H3,(H,24,28). The van der Waals surface area contributed by atoms with Gasteiger partial charge in [-0.25, -0.2) is 4.68 Å². The fraction of sp³-hybridized carbons (Fsp3) is 0.238. The molecule has 2 N–H and O–H groups in total. The number of benzene rings is 2. The number of hydrogen-bond donors (Lipinski definition) is 2. The van der Waals surface area contributed by atoms with Crippen molar-refractivity contribution in [3.8, 4) is 17.2 Å². The third-order valence-corrected chi connectivity index (χ3v) is 5.19. The second kappa shape index (κ2) is 8.76. The molecular formula is C21H21Cl2N3O3. The normalized spacial score (nSPS) is 10.8. The van der Waals surface area contributed by atoms with Gasteiger partial charge in [0.2, 0.25) is 5.91 Å². The van der Waals surface area contributed by atoms with Gasteiger partial charge in [-0.3, -0.25) is 4.79 Å². The molecule has 0 saturated heterocycles. The summed E-state index contributed by atoms with van der Waals surface area (Å²) in [5.74, 6) is 0.289. The maximum Gasteiger partial charge on any atom is 0.224 e. The smallest absolute Gasteiger partial charge is 0.224 e. The number of ether oxygens (including phenoxy) is 1. The SMILES string of the molecule is COc1cc(CNC(=O)Cc2c(C)nn(-c3ccc(Cl)cc3Cl)c2C)ccc1O. The Morgan fingerprint density at radius 3 is 2.66 bits per heavy atom. The molecule has 0 radical (unpaired) electrons. The van der Waals surface area contributed by atoms with Gasteiger partial charge in [0.25, 0.3) is 0 Å². The molecule has 0 fully saturated rings. The Bertz CT molecular complexity index is 1060. The highest BCUT2D eigenvalue weighted by atomic mass is 35.5. The van der Waals surface area contributed by atoms with Crippen LogP contribution in [0, 0.1) is 13.8 Å². The lowest BCUT2D eigenvalue weighted by Crippen LogP contribution is -2.25. The van der Waals surface area contributed by atoms with E-state index < -0.39 is 0 Å². The second-order valence-electron chi connectivity index (χ2n) is 6.62. The van der Waals surface area contributed by atoms with Crippen LogP contribution in [0.1, 0.15) is 22.5 Å². The summed E-state index contributed by atoms with van der Waals surface area (Å²) in [6.07, 6.45) is 0.193. The van der Waals surface area contributed by atoms with E-state index in [0.29, 0.717) is 28.0 Å². The maximum absolute atomic E-state index is 12.5. The zero-order valence-electron chi connectivity index (χ0n) is 16.3. The van der Waals surface area contributed by atoms with Crippen molar-refractivity contribution in [3.63, 3.8) is 0 Å². The molecular weight excluding hydrogens is 413 g/mol. The fourth-order valence-electron chi connectivity index (χ4n) is 3.07. The van der Waals surface area contributed by atoms with E-state index >= 15 is 0 Å². The number of amides is 1. The molecule has 0 spiro atoms. The summed E-state index contributed by atoms with van der Waals surface area (Å²) in [6.45, 7) is 4.09. The van der Waals surface area contributed by atoms with E-state index in [1.807, 2.05) is 13.8 Å². The lowest BCUT2D eigenvalue weighted by atomic mass is 10.1. The Morgan fingerprint density at radius 1 is 1.21 bits per heavy atom. The van der Waals surface area contributed by atoms with Gasteiger partial charge in [0.15, 0.2) is 11.5 Å². The average Bonchev–Trinajstić information content (AvgIpc) is 2.95. The van der Waals surface area contributed by atoms with Gasteiger partial charge < -0.3 is 15.2 Å². The van der Waals surface area contributed by atoms with Gasteiger partial charge in [-0.15, -0.1) is 0 Å². The van der Waals surface area contributed by atoms with Crippen LogP contribution >= 0.6 is 23.2 Å². The monoisotopic (exact) mass is 433 g/mol. The quantitative estimate of drug-likeness (QED) is 0.604. The zero-order chi connectivity index (χ0) is 21.1. The van der Waals surface area contributed by atoms with E-state index in [9.17, 15) is 9.90 Å². The van der Waals surface area contributed by atoms with Gasteiger partial charge in [0, 0.05) is 22.8 Å². The molecule has 8 heteroatoms. The van der Waals surface area contributed by atoms with Crippen LogP contribution in [0.5, 0.6) is 11.5 Å². The lowest BCUT2D eigenvalue weighted by Gasteiger charge is -2.09. The molecule has 3 aromatic rings. The van der Waals surface area contributed by atoms with Crippen LogP contribution in [0.3, 0.4) is 0 Å². The first-order valence-corrected chi connectivity index (χ1v) is 9.69. The number of rotatable bonds is 6. The van der Waals surface area contributed by atoms with Crippen molar-refractivity contribution in [2.75, 3.05) is 7.11 Å². The van der Waals surface area contributed by atoms with Crippen LogP contribution in [0.15, 0.2) is 36.4 Å². The van der Waals surface area contributed by atoms with Gasteiger partial charge in [0.05, 0.1) is 29.9 Å². The van der Waals surface area contributed by atoms with Crippen LogP contribution in [0.25, 0.3) is 5.69 Å². The van der Waals surface area contributed by atoms with E-state index in [1.165, 1.54) is 13.2 Å². The van der Waals surface area contributed by atoms with E-state index in [4.69, 9.17) is 27.9 Å². The molecule has 0 saturated carbocycles. The Labute approximate surface area is 179 Å². The Balaban J connectivity index is 1.73. The number of methoxy groups -OCH3 is 1. The zero-order valence-corrected chi connectivity index (χ0v) is 17.8. The molecule has 0 bridgehead atoms. The van der Waals surface area contributed by atoms with E-state index in [1.54, 1.807) is 35.0 Å². The van der Waals surface area contributed by atoms with Crippen LogP contribution in [-0.4, -0.2) is 27.9 Å². The summed E-state index contributed by atoms with van der Waals surface area (Å²) in [6, 6.07) is 10.2. The molecule has 1 aromatic heterocycles. The Morgan fingerprint density at radius 2 is 1.97 bits per heavy atom. The molecule has 152 valence electrons. The number of phenols is 1. The van der Waals surface area contributed by atoms with Crippen molar-refractivity contribution in [2.45, 2.75) is 26.8 Å². The number of carbonyl (C=O) groups excluding carboxylic acids is 1. The fourth-order valence-corrected chi connectivity index (χ4v) is 3.56. The van der Waals surface area contributed by atoms with E-state index in [-0.39, 0.29) is 18.1 Å². The highest BCUT2D eigenvalue weighted by Crippen LogP contribution is 2.28. The molecule has 29 heavy (non-hydrogen) atoms. The number of aryl methyl sites for hydroxylation is 1. The van der Waals surface area contributed by atoms with E-state index in [2.05, 4.69) is 10.4 Å². The minimum Gasteiger partial charge on any atom is -0.504 e. The first-order chi connectivity index (χ1) is 13.8. The first kappa shape index (κ1) is 21.0. The topological polar surface area (TPSA) is 76.4 Å². The third kappa shape index (κ3) is 4.66. The molecule has 3 rings (SSSR count). The highest BCUT2D eigenvalue weighted by Gasteiger charge is 2.17. The van der Waals surface area contributed by atoms with Gasteiger partial charge in [-0.1, -0.05) is 29.3 Å². The number of aromatic hydroxyl groups is 1. The molecule has 0 aliphatic rings. The number of nitrogens with one attached hydrogen (secondary N) is 1. The molecule has 0 unspecified atom stereocenters. The largest absolute Gasteiger partial charge is 0.504 e. The first-order valence-electron chi connectivity index (χ1n) is 8.93. The highest BCUT2D eigenvalue weighted by molar-refractivity contribution is 6.35. The summed E-state index contributed by atoms with van der Waals surface area (Å²) in [7, 11) is 1.48. The molecule has 0 aliphatic heterocycles. The van der Waals surface area contributed by atoms with Crippen molar-refractivity contribution >= 4 is 29.1 Å². The molecule has 0 atom stereocenters. The number of hydrogen-bond acceptors (Lipinski definition) is 4. The summed E-state index contributed by atoms with van der Waals surface area (Å²) < 4.78 is 6.81. The van der Waals surface area contributed by atoms with Crippen molar-refractivity contribution in [2.24, 2.45) is 0 Å². The number of halogens is 2. The molecule has 1 amide bonds. The minimum atomic E-state index is -0.134. The average molecular weight is 434 g/mol. The van der Waals surface area contributed by atoms with Crippen molar-refractivity contribution in [3.05, 3.63) is 69.0 Å². The van der Waals surface area contributed by atoms with Gasteiger partial charge in [0.1, 0.15) is 0 Å². The van der Waals surface area contributed by atoms with E-state index in [0.717, 1.165) is 22.5 Å². The van der Waals surface area contributed by atoms with Crippen molar-refractivity contribution < 1.29 is 14.6 Å². The second-order valence-corrected chi connectivity index (χ2v) is 7.46. The van der Waals surface area contributed by atoms with Gasteiger partial charge in [-0.05, 0) is 49.7 Å². The van der Waals surface area contributed by atoms with Crippen LogP contribution in [0.2, 0.25) is 10.0 Å². The van der Waals surface area contributed by atoms with Gasteiger partial charge >= 0.3 is 0 Å². The third-order valence-electron chi connectivity index (χ3n) is 4.65. The van der Waals surface area contributed by atoms with Crippen LogP contribution < -0.4 is 10.1 Å². The molecule has 0 aliphatic carbocycles.